The van der Waals surface area contributed by atoms with Crippen molar-refractivity contribution in [2.45, 2.75) is 50.4 Å². The number of benzene rings is 1. The van der Waals surface area contributed by atoms with Crippen molar-refractivity contribution in [3.05, 3.63) is 77.5 Å². The summed E-state index contributed by atoms with van der Waals surface area (Å²) in [7, 11) is 1.46. The molecular weight excluding hydrogens is 591 g/mol. The zero-order valence-corrected chi connectivity index (χ0v) is 24.3. The third-order valence-corrected chi connectivity index (χ3v) is 8.20. The van der Waals surface area contributed by atoms with Gasteiger partial charge in [0.05, 0.1) is 35.8 Å². The number of ether oxygens (including phenoxy) is 1. The smallest absolute Gasteiger partial charge is 0.433 e. The second-order valence-corrected chi connectivity index (χ2v) is 11.2. The third kappa shape index (κ3) is 6.65. The maximum atomic E-state index is 12.8. The number of halogens is 3. The monoisotopic (exact) mass is 621 g/mol. The van der Waals surface area contributed by atoms with Crippen LogP contribution in [0.4, 0.5) is 18.9 Å². The van der Waals surface area contributed by atoms with Gasteiger partial charge in [-0.05, 0) is 48.6 Å². The number of nitrogens with one attached hydrogen (secondary N) is 2. The van der Waals surface area contributed by atoms with E-state index in [2.05, 4.69) is 25.5 Å². The number of likely N-dealkylation sites (tertiary alicyclic amines) is 1. The van der Waals surface area contributed by atoms with E-state index in [1.54, 1.807) is 24.5 Å². The van der Waals surface area contributed by atoms with E-state index >= 15 is 0 Å². The number of hydrogen-bond acceptors (Lipinski definition) is 8. The van der Waals surface area contributed by atoms with Crippen molar-refractivity contribution in [1.29, 1.82) is 0 Å². The number of methoxy groups -OCH3 is 1. The molecule has 2 N–H and O–H groups in total. The van der Waals surface area contributed by atoms with Gasteiger partial charge in [-0.25, -0.2) is 0 Å². The normalized spacial score (nSPS) is 18.2. The molecule has 45 heavy (non-hydrogen) atoms. The molecule has 2 fully saturated rings. The van der Waals surface area contributed by atoms with E-state index in [1.165, 1.54) is 7.11 Å². The van der Waals surface area contributed by atoms with Crippen molar-refractivity contribution >= 4 is 34.3 Å². The molecule has 3 aromatic heterocycles. The number of pyridine rings is 2. The van der Waals surface area contributed by atoms with Gasteiger partial charge in [0.1, 0.15) is 11.4 Å². The summed E-state index contributed by atoms with van der Waals surface area (Å²) >= 11 is 0. The molecule has 14 heteroatoms. The van der Waals surface area contributed by atoms with Crippen LogP contribution in [0.5, 0.6) is 5.75 Å². The molecule has 1 unspecified atom stereocenters. The Morgan fingerprint density at radius 1 is 1.09 bits per heavy atom. The van der Waals surface area contributed by atoms with Crippen LogP contribution in [0.3, 0.4) is 0 Å². The van der Waals surface area contributed by atoms with E-state index < -0.39 is 17.8 Å². The zero-order valence-electron chi connectivity index (χ0n) is 24.3. The highest BCUT2D eigenvalue weighted by molar-refractivity contribution is 6.06. The third-order valence-electron chi connectivity index (χ3n) is 8.20. The number of carbonyl (C=O) groups excluding carboxylic acids is 3. The zero-order chi connectivity index (χ0) is 31.7. The van der Waals surface area contributed by atoms with E-state index in [9.17, 15) is 27.6 Å². The fourth-order valence-corrected chi connectivity index (χ4v) is 5.81. The van der Waals surface area contributed by atoms with Gasteiger partial charge in [-0.2, -0.15) is 18.3 Å². The molecular formula is C31H30F3N7O4. The number of imide groups is 1. The van der Waals surface area contributed by atoms with Gasteiger partial charge in [-0.15, -0.1) is 0 Å². The van der Waals surface area contributed by atoms with Crippen LogP contribution in [-0.4, -0.2) is 62.6 Å². The van der Waals surface area contributed by atoms with Gasteiger partial charge >= 0.3 is 6.18 Å². The van der Waals surface area contributed by atoms with Gasteiger partial charge in [0.15, 0.2) is 0 Å². The van der Waals surface area contributed by atoms with Gasteiger partial charge in [0.2, 0.25) is 11.8 Å². The standard InChI is InChI=1S/C31H30F3N7O4/c1-45-26-12-24-21(11-25(26)37-29(43)19-2-4-27(36-15-19)31(32,33)34)17-41(39-24)22-6-8-40(9-7-22)16-18-10-20(14-35-13-18)23-3-5-28(42)38-30(23)44/h2,4,10-15,17,22-23H,3,5-9,16H2,1H3,(H,37,43)(H,38,42,44). The number of anilines is 1. The molecule has 4 aromatic rings. The lowest BCUT2D eigenvalue weighted by atomic mass is 9.91. The molecule has 5 heterocycles. The van der Waals surface area contributed by atoms with Crippen molar-refractivity contribution < 1.29 is 32.3 Å². The van der Waals surface area contributed by atoms with Gasteiger partial charge in [-0.1, -0.05) is 6.07 Å². The van der Waals surface area contributed by atoms with Gasteiger partial charge < -0.3 is 10.1 Å². The van der Waals surface area contributed by atoms with Gasteiger partial charge in [-0.3, -0.25) is 39.3 Å². The SMILES string of the molecule is COc1cc2nn(C3CCN(Cc4cncc(C5CCC(=O)NC5=O)c4)CC3)cc2cc1NC(=O)c1ccc(C(F)(F)F)nc1. The summed E-state index contributed by atoms with van der Waals surface area (Å²) in [6.07, 6.45) is 4.22. The van der Waals surface area contributed by atoms with Crippen molar-refractivity contribution in [1.82, 2.24) is 30.0 Å². The van der Waals surface area contributed by atoms with Gasteiger partial charge in [0.25, 0.3) is 5.91 Å². The second kappa shape index (κ2) is 12.3. The molecule has 234 valence electrons. The Kier molecular flexibility index (Phi) is 8.23. The predicted octanol–water partition coefficient (Wildman–Crippen LogP) is 4.46. The fraction of sp³-hybridized carbons (Fsp3) is 0.355. The van der Waals surface area contributed by atoms with E-state index in [0.717, 1.165) is 60.8 Å². The number of rotatable bonds is 7. The van der Waals surface area contributed by atoms with E-state index in [1.807, 2.05) is 16.9 Å². The predicted molar refractivity (Wildman–Crippen MR) is 156 cm³/mol. The number of fused-ring (bicyclic) bond motifs is 1. The molecule has 3 amide bonds. The number of piperidine rings is 2. The maximum Gasteiger partial charge on any atom is 0.433 e. The minimum atomic E-state index is -4.59. The number of alkyl halides is 3. The highest BCUT2D eigenvalue weighted by Crippen LogP contribution is 2.33. The lowest BCUT2D eigenvalue weighted by Crippen LogP contribution is -2.39. The molecule has 2 aliphatic heterocycles. The number of nitrogens with zero attached hydrogens (tertiary/aromatic N) is 5. The minimum Gasteiger partial charge on any atom is -0.494 e. The van der Waals surface area contributed by atoms with Crippen LogP contribution >= 0.6 is 0 Å². The maximum absolute atomic E-state index is 12.8. The van der Waals surface area contributed by atoms with E-state index in [-0.39, 0.29) is 29.3 Å². The lowest BCUT2D eigenvalue weighted by molar-refractivity contribution is -0.141. The lowest BCUT2D eigenvalue weighted by Gasteiger charge is -2.32. The first-order chi connectivity index (χ1) is 21.6. The summed E-state index contributed by atoms with van der Waals surface area (Å²) in [5.41, 5.74) is 1.77. The number of amides is 3. The molecule has 11 nitrogen and oxygen atoms in total. The largest absolute Gasteiger partial charge is 0.494 e. The van der Waals surface area contributed by atoms with Crippen LogP contribution < -0.4 is 15.4 Å². The van der Waals surface area contributed by atoms with Crippen LogP contribution in [0.25, 0.3) is 10.9 Å². The quantitative estimate of drug-likeness (QED) is 0.289. The average Bonchev–Trinajstić information content (AvgIpc) is 3.43. The molecule has 2 saturated heterocycles. The van der Waals surface area contributed by atoms with Crippen LogP contribution in [0, 0.1) is 0 Å². The summed E-state index contributed by atoms with van der Waals surface area (Å²) in [5.74, 6) is -1.14. The molecule has 1 aromatic carbocycles. The highest BCUT2D eigenvalue weighted by atomic mass is 19.4. The summed E-state index contributed by atoms with van der Waals surface area (Å²) in [6.45, 7) is 2.35. The Morgan fingerprint density at radius 2 is 1.89 bits per heavy atom. The van der Waals surface area contributed by atoms with Crippen molar-refractivity contribution in [2.24, 2.45) is 0 Å². The number of carbonyl (C=O) groups is 3. The first-order valence-corrected chi connectivity index (χ1v) is 14.5. The molecule has 6 rings (SSSR count). The highest BCUT2D eigenvalue weighted by Gasteiger charge is 2.32. The van der Waals surface area contributed by atoms with Crippen LogP contribution in [0.2, 0.25) is 0 Å². The summed E-state index contributed by atoms with van der Waals surface area (Å²) in [4.78, 5) is 46.6. The van der Waals surface area contributed by atoms with Crippen molar-refractivity contribution in [2.75, 3.05) is 25.5 Å². The average molecular weight is 622 g/mol. The fourth-order valence-electron chi connectivity index (χ4n) is 5.81. The second-order valence-electron chi connectivity index (χ2n) is 11.2. The molecule has 0 aliphatic carbocycles. The Hall–Kier alpha value is -4.85. The van der Waals surface area contributed by atoms with Gasteiger partial charge in [0, 0.05) is 62.3 Å². The first-order valence-electron chi connectivity index (χ1n) is 14.5. The number of hydrogen-bond donors (Lipinski definition) is 2. The molecule has 0 saturated carbocycles. The van der Waals surface area contributed by atoms with Crippen LogP contribution in [-0.2, 0) is 22.3 Å². The summed E-state index contributed by atoms with van der Waals surface area (Å²) in [6, 6.07) is 7.43. The van der Waals surface area contributed by atoms with E-state index in [0.29, 0.717) is 36.3 Å². The summed E-state index contributed by atoms with van der Waals surface area (Å²) in [5, 5.41) is 10.6. The summed E-state index contributed by atoms with van der Waals surface area (Å²) < 4.78 is 45.9. The van der Waals surface area contributed by atoms with Crippen molar-refractivity contribution in [3.63, 3.8) is 0 Å². The molecule has 0 spiro atoms. The topological polar surface area (TPSA) is 131 Å². The van der Waals surface area contributed by atoms with Crippen molar-refractivity contribution in [3.8, 4) is 5.75 Å². The Balaban J connectivity index is 1.09. The number of aromatic nitrogens is 4. The molecule has 2 aliphatic rings. The van der Waals surface area contributed by atoms with Crippen LogP contribution in [0.15, 0.2) is 55.1 Å². The Labute approximate surface area is 255 Å². The minimum absolute atomic E-state index is 0.0221. The Morgan fingerprint density at radius 3 is 2.58 bits per heavy atom. The molecule has 0 bridgehead atoms. The van der Waals surface area contributed by atoms with Crippen LogP contribution in [0.1, 0.15) is 64.8 Å². The van der Waals surface area contributed by atoms with E-state index in [4.69, 9.17) is 9.84 Å². The molecule has 0 radical (unpaired) electrons. The first kappa shape index (κ1) is 30.2. The Bertz CT molecular complexity index is 1750. The molecule has 1 atom stereocenters.